The molecule has 4 aromatic heterocycles. The second-order valence-corrected chi connectivity index (χ2v) is 31.3. The average molecular weight is 1620 g/mol. The number of amides is 3. The Morgan fingerprint density at radius 3 is 1.11 bits per heavy atom. The maximum Gasteiger partial charge on any atom is 0.255 e. The van der Waals surface area contributed by atoms with E-state index in [2.05, 4.69) is 190 Å². The zero-order valence-electron chi connectivity index (χ0n) is 68.8. The fourth-order valence-electron chi connectivity index (χ4n) is 17.6. The number of aromatic nitrogens is 4. The van der Waals surface area contributed by atoms with E-state index in [4.69, 9.17) is 5.73 Å². The molecule has 3 amide bonds. The van der Waals surface area contributed by atoms with Gasteiger partial charge < -0.3 is 30.2 Å². The number of rotatable bonds is 19. The summed E-state index contributed by atoms with van der Waals surface area (Å²) in [5, 5.41) is 42.9. The molecule has 606 valence electrons. The molecule has 20 rings (SSSR count). The molecule has 4 unspecified atom stereocenters. The van der Waals surface area contributed by atoms with Crippen LogP contribution in [0.5, 0.6) is 0 Å². The Morgan fingerprint density at radius 1 is 0.371 bits per heavy atom. The summed E-state index contributed by atoms with van der Waals surface area (Å²) in [7, 11) is 3.95. The van der Waals surface area contributed by atoms with Gasteiger partial charge in [-0.05, 0) is 155 Å². The second-order valence-electron chi connectivity index (χ2n) is 31.3. The van der Waals surface area contributed by atoms with Crippen molar-refractivity contribution in [2.24, 2.45) is 5.73 Å². The summed E-state index contributed by atoms with van der Waals surface area (Å²) in [6.07, 6.45) is 2.10. The lowest BCUT2D eigenvalue weighted by molar-refractivity contribution is -0.130. The molecule has 14 heteroatoms. The van der Waals surface area contributed by atoms with Crippen LogP contribution in [0, 0.1) is 11.3 Å². The number of fused-ring (bicyclic) bond motifs is 8. The first-order valence-electron chi connectivity index (χ1n) is 41.7. The number of para-hydroxylation sites is 4. The average Bonchev–Trinajstić information content (AvgIpc) is 1.58. The van der Waals surface area contributed by atoms with E-state index in [1.165, 1.54) is 21.5 Å². The van der Waals surface area contributed by atoms with E-state index in [1.807, 2.05) is 254 Å². The van der Waals surface area contributed by atoms with E-state index >= 15 is 0 Å². The van der Waals surface area contributed by atoms with E-state index in [1.54, 1.807) is 0 Å². The number of aromatic amines is 3. The number of hydrogen-bond donors (Lipinski definition) is 8. The molecule has 4 atom stereocenters. The minimum absolute atomic E-state index is 0.334. The first-order chi connectivity index (χ1) is 60.9. The molecule has 20 aromatic rings. The lowest BCUT2D eigenvalue weighted by Crippen LogP contribution is -2.27. The molecule has 0 radical (unpaired) electrons. The number of carbonyl (C=O) groups excluding carboxylic acids is 3. The molecule has 4 heterocycles. The third kappa shape index (κ3) is 16.4. The van der Waals surface area contributed by atoms with Crippen molar-refractivity contribution in [1.82, 2.24) is 30.5 Å². The summed E-state index contributed by atoms with van der Waals surface area (Å²) in [6, 6.07) is 131. The van der Waals surface area contributed by atoms with Gasteiger partial charge in [0.1, 0.15) is 0 Å². The monoisotopic (exact) mass is 1620 g/mol. The summed E-state index contributed by atoms with van der Waals surface area (Å²) < 4.78 is 2.35. The van der Waals surface area contributed by atoms with E-state index in [9.17, 15) is 30.1 Å². The van der Waals surface area contributed by atoms with Crippen LogP contribution in [0.2, 0.25) is 0 Å². The summed E-state index contributed by atoms with van der Waals surface area (Å²) >= 11 is 0. The number of nitrogens with one attached hydrogen (secondary N) is 5. The van der Waals surface area contributed by atoms with Gasteiger partial charge in [0.05, 0.1) is 52.5 Å². The number of carbonyl (C=O) groups is 3. The van der Waals surface area contributed by atoms with Gasteiger partial charge in [-0.25, -0.2) is 11.0 Å². The van der Waals surface area contributed by atoms with Crippen molar-refractivity contribution in [3.05, 3.63) is 427 Å². The summed E-state index contributed by atoms with van der Waals surface area (Å²) in [5.74, 6) is -3.48. The van der Waals surface area contributed by atoms with Crippen LogP contribution in [0.1, 0.15) is 87.9 Å². The van der Waals surface area contributed by atoms with Crippen LogP contribution in [-0.2, 0) is 20.9 Å². The van der Waals surface area contributed by atoms with Gasteiger partial charge in [0.2, 0.25) is 5.91 Å². The molecule has 0 aliphatic carbocycles. The number of hydrogen-bond acceptors (Lipinski definition) is 7. The van der Waals surface area contributed by atoms with Crippen LogP contribution in [0.3, 0.4) is 0 Å². The Kier molecular flexibility index (Phi) is 23.8. The fraction of sp³-hybridized carbons (Fsp3) is 0.0909. The molecule has 0 fully saturated rings. The van der Waals surface area contributed by atoms with Crippen LogP contribution in [0.4, 0.5) is 5.69 Å². The largest absolute Gasteiger partial charge is 0.378 e. The van der Waals surface area contributed by atoms with Gasteiger partial charge in [-0.3, -0.25) is 24.8 Å². The van der Waals surface area contributed by atoms with Crippen molar-refractivity contribution >= 4 is 110 Å². The quantitative estimate of drug-likeness (QED) is 0.0289. The number of benzene rings is 16. The Bertz CT molecular complexity index is 7310. The smallest absolute Gasteiger partial charge is 0.255 e. The number of primary amides is 1. The minimum atomic E-state index is -0.691. The standard InChI is InChI=1S/C30H28N2O2.C28H25N3O2.C26H20N2O.C26H18N2/c1-2-3-19-32-26-16-10-9-15-25(26)28(27(30(33)31-34)22-12-5-4-6-13-22)29(32)24-18-17-21-11-7-8-14-23(21)20-24;1-31(2)22-15-13-19(14-16-22)25(28(32)30-33)26-23-9-5-6-10-24(23)29-27(26)21-12-11-18-7-3-4-8-20(18)17-21;27-26(29)23(18-9-2-1-3-10-18)24-21-12-6-7-13-22(21)28-25(24)20-15-14-17-8-4-5-11-19(17)16-20;27-17-23(19-9-2-1-3-10-19)25-22-12-6-7-13-24(22)28-26(25)21-15-14-18-8-4-5-11-20(18)16-21/h4-18,20,27,34H,2-3,19H2,1H3,(H,31,33);3-17,25,29,33H,1-2H3,(H,30,32);1-16,23,28H,(H2,27,29);1-16,23,28H. The Morgan fingerprint density at radius 2 is 0.702 bits per heavy atom. The molecular formula is C110H91N9O5. The van der Waals surface area contributed by atoms with Crippen molar-refractivity contribution in [2.75, 3.05) is 19.0 Å². The highest BCUT2D eigenvalue weighted by Gasteiger charge is 2.34. The number of nitrogens with zero attached hydrogens (tertiary/aromatic N) is 3. The Hall–Kier alpha value is -15.7. The zero-order valence-corrected chi connectivity index (χ0v) is 68.8. The van der Waals surface area contributed by atoms with E-state index in [0.717, 1.165) is 180 Å². The molecule has 0 saturated heterocycles. The molecule has 124 heavy (non-hydrogen) atoms. The minimum Gasteiger partial charge on any atom is -0.378 e. The van der Waals surface area contributed by atoms with Gasteiger partial charge in [-0.1, -0.05) is 335 Å². The molecule has 0 spiro atoms. The van der Waals surface area contributed by atoms with Crippen molar-refractivity contribution in [1.29, 1.82) is 5.26 Å². The number of nitriles is 1. The van der Waals surface area contributed by atoms with Crippen molar-refractivity contribution < 1.29 is 24.8 Å². The molecule has 0 bridgehead atoms. The number of hydroxylamine groups is 2. The first kappa shape index (κ1) is 80.7. The van der Waals surface area contributed by atoms with Crippen molar-refractivity contribution in [2.45, 2.75) is 50.0 Å². The van der Waals surface area contributed by atoms with E-state index < -0.39 is 29.6 Å². The van der Waals surface area contributed by atoms with Crippen LogP contribution >= 0.6 is 0 Å². The topological polar surface area (TPSA) is 221 Å². The predicted octanol–water partition coefficient (Wildman–Crippen LogP) is 24.8. The van der Waals surface area contributed by atoms with Crippen molar-refractivity contribution in [3.8, 4) is 51.1 Å². The van der Waals surface area contributed by atoms with Gasteiger partial charge in [0.15, 0.2) is 0 Å². The SMILES string of the molecule is CCCCn1c(-c2ccc3ccccc3c2)c(C(C(=O)NO)c2ccccc2)c2ccccc21.CN(C)c1ccc(C(C(=O)NO)c2c(-c3ccc4ccccc4c3)[nH]c3ccccc23)cc1.N#CC(c1ccccc1)c1c(-c2ccc3ccccc3c2)[nH]c2ccccc12.NC(=O)C(c1ccccc1)c1c(-c2ccc3ccccc3c2)[nH]c2ccccc12. The molecule has 16 aromatic carbocycles. The summed E-state index contributed by atoms with van der Waals surface area (Å²) in [4.78, 5) is 51.6. The molecule has 14 nitrogen and oxygen atoms in total. The first-order valence-corrected chi connectivity index (χ1v) is 41.7. The van der Waals surface area contributed by atoms with Crippen molar-refractivity contribution in [3.63, 3.8) is 0 Å². The molecular weight excluding hydrogens is 1530 g/mol. The summed E-state index contributed by atoms with van der Waals surface area (Å²) in [6.45, 7) is 3.04. The molecule has 0 aliphatic heterocycles. The van der Waals surface area contributed by atoms with E-state index in [-0.39, 0.29) is 11.8 Å². The van der Waals surface area contributed by atoms with Crippen LogP contribution in [0.15, 0.2) is 382 Å². The molecule has 0 aliphatic rings. The number of anilines is 1. The maximum atomic E-state index is 13.2. The Balaban J connectivity index is 0.000000117. The van der Waals surface area contributed by atoms with Gasteiger partial charge in [0, 0.05) is 92.2 Å². The van der Waals surface area contributed by atoms with Crippen LogP contribution in [0.25, 0.3) is 132 Å². The van der Waals surface area contributed by atoms with Gasteiger partial charge >= 0.3 is 0 Å². The van der Waals surface area contributed by atoms with Gasteiger partial charge in [0.25, 0.3) is 11.8 Å². The Labute approximate surface area is 718 Å². The van der Waals surface area contributed by atoms with Crippen LogP contribution in [-0.4, -0.2) is 61.8 Å². The third-order valence-electron chi connectivity index (χ3n) is 23.6. The normalized spacial score (nSPS) is 12.2. The highest BCUT2D eigenvalue weighted by molar-refractivity contribution is 6.05. The number of nitrogens with two attached hydrogens (primary N) is 1. The number of H-pyrrole nitrogens is 3. The lowest BCUT2D eigenvalue weighted by Gasteiger charge is -2.19. The molecule has 9 N–H and O–H groups in total. The second kappa shape index (κ2) is 36.5. The van der Waals surface area contributed by atoms with E-state index in [0.29, 0.717) is 0 Å². The number of aryl methyl sites for hydroxylation is 1. The zero-order chi connectivity index (χ0) is 85.2. The highest BCUT2D eigenvalue weighted by Crippen LogP contribution is 2.46. The van der Waals surface area contributed by atoms with Crippen LogP contribution < -0.4 is 21.6 Å². The number of unbranched alkanes of at least 4 members (excludes halogenated alkanes) is 1. The summed E-state index contributed by atoms with van der Waals surface area (Å²) in [5.41, 5.74) is 30.2. The predicted molar refractivity (Wildman–Crippen MR) is 506 cm³/mol. The lowest BCUT2D eigenvalue weighted by atomic mass is 9.86. The van der Waals surface area contributed by atoms with Gasteiger partial charge in [-0.15, -0.1) is 0 Å². The third-order valence-corrected chi connectivity index (χ3v) is 23.6. The van der Waals surface area contributed by atoms with Gasteiger partial charge in [-0.2, -0.15) is 5.26 Å². The molecule has 0 saturated carbocycles. The highest BCUT2D eigenvalue weighted by atomic mass is 16.5. The fourth-order valence-corrected chi connectivity index (χ4v) is 17.6. The maximum absolute atomic E-state index is 13.2.